The van der Waals surface area contributed by atoms with Crippen molar-refractivity contribution in [2.75, 3.05) is 20.4 Å². The van der Waals surface area contributed by atoms with Crippen molar-refractivity contribution in [2.24, 2.45) is 0 Å². The van der Waals surface area contributed by atoms with E-state index in [1.165, 1.54) is 5.56 Å². The molecule has 0 atom stereocenters. The average Bonchev–Trinajstić information content (AvgIpc) is 2.57. The number of aryl methyl sites for hydroxylation is 1. The Hall–Kier alpha value is -2.69. The van der Waals surface area contributed by atoms with Crippen LogP contribution in [0.25, 0.3) is 0 Å². The van der Waals surface area contributed by atoms with Crippen LogP contribution in [0.15, 0.2) is 48.5 Å². The predicted molar refractivity (Wildman–Crippen MR) is 89.9 cm³/mol. The summed E-state index contributed by atoms with van der Waals surface area (Å²) in [5, 5.41) is 5.45. The van der Waals surface area contributed by atoms with Gasteiger partial charge in [-0.05, 0) is 43.2 Å². The zero-order chi connectivity index (χ0) is 16.5. The molecule has 0 unspecified atom stereocenters. The lowest BCUT2D eigenvalue weighted by Gasteiger charge is -2.10. The number of rotatable bonds is 7. The summed E-state index contributed by atoms with van der Waals surface area (Å²) in [4.78, 5) is 11.7. The van der Waals surface area contributed by atoms with Crippen molar-refractivity contribution in [1.82, 2.24) is 10.6 Å². The normalized spacial score (nSPS) is 10.0. The minimum Gasteiger partial charge on any atom is -0.497 e. The maximum absolute atomic E-state index is 11.7. The first-order chi connectivity index (χ1) is 11.2. The molecule has 23 heavy (non-hydrogen) atoms. The zero-order valence-electron chi connectivity index (χ0n) is 13.5. The van der Waals surface area contributed by atoms with E-state index in [0.29, 0.717) is 6.54 Å². The van der Waals surface area contributed by atoms with E-state index in [1.54, 1.807) is 7.11 Å². The van der Waals surface area contributed by atoms with Crippen LogP contribution in [0.4, 0.5) is 4.79 Å². The highest BCUT2D eigenvalue weighted by Crippen LogP contribution is 2.12. The summed E-state index contributed by atoms with van der Waals surface area (Å²) in [6, 6.07) is 15.2. The van der Waals surface area contributed by atoms with Crippen LogP contribution in [0.2, 0.25) is 0 Å². The molecule has 0 saturated carbocycles. The average molecular weight is 314 g/mol. The van der Waals surface area contributed by atoms with Gasteiger partial charge < -0.3 is 20.1 Å². The summed E-state index contributed by atoms with van der Waals surface area (Å²) in [5.41, 5.74) is 2.28. The van der Waals surface area contributed by atoms with Crippen molar-refractivity contribution in [3.8, 4) is 11.5 Å². The van der Waals surface area contributed by atoms with Crippen LogP contribution in [0.3, 0.4) is 0 Å². The maximum Gasteiger partial charge on any atom is 0.317 e. The number of ether oxygens (including phenoxy) is 2. The van der Waals surface area contributed by atoms with Crippen LogP contribution < -0.4 is 20.1 Å². The van der Waals surface area contributed by atoms with Crippen molar-refractivity contribution < 1.29 is 14.3 Å². The van der Waals surface area contributed by atoms with Gasteiger partial charge in [0.25, 0.3) is 0 Å². The summed E-state index contributed by atoms with van der Waals surface area (Å²) in [6.45, 7) is 2.69. The highest BCUT2D eigenvalue weighted by atomic mass is 16.5. The molecule has 0 saturated heterocycles. The molecule has 0 aliphatic rings. The predicted octanol–water partition coefficient (Wildman–Crippen LogP) is 2.88. The number of nitrogens with one attached hydrogen (secondary N) is 2. The Morgan fingerprint density at radius 1 is 1.04 bits per heavy atom. The van der Waals surface area contributed by atoms with Gasteiger partial charge in [0, 0.05) is 6.54 Å². The van der Waals surface area contributed by atoms with Crippen molar-refractivity contribution >= 4 is 6.03 Å². The first kappa shape index (κ1) is 16.7. The molecule has 0 heterocycles. The zero-order valence-corrected chi connectivity index (χ0v) is 13.5. The van der Waals surface area contributed by atoms with Gasteiger partial charge in [-0.3, -0.25) is 0 Å². The monoisotopic (exact) mass is 314 g/mol. The number of amides is 2. The van der Waals surface area contributed by atoms with Gasteiger partial charge in [-0.2, -0.15) is 0 Å². The molecule has 0 bridgehead atoms. The van der Waals surface area contributed by atoms with E-state index in [-0.39, 0.29) is 12.8 Å². The lowest BCUT2D eigenvalue weighted by atomic mass is 10.1. The van der Waals surface area contributed by atoms with Crippen LogP contribution in [0.1, 0.15) is 11.1 Å². The van der Waals surface area contributed by atoms with Crippen molar-refractivity contribution in [3.63, 3.8) is 0 Å². The maximum atomic E-state index is 11.7. The fourth-order valence-corrected chi connectivity index (χ4v) is 2.03. The second-order valence-electron chi connectivity index (χ2n) is 5.14. The molecular formula is C18H22N2O3. The SMILES string of the molecule is COc1cccc(CCNC(=O)NCOc2ccc(C)cc2)c1. The Labute approximate surface area is 136 Å². The fraction of sp³-hybridized carbons (Fsp3) is 0.278. The summed E-state index contributed by atoms with van der Waals surface area (Å²) >= 11 is 0. The van der Waals surface area contributed by atoms with Gasteiger partial charge in [0.2, 0.25) is 0 Å². The van der Waals surface area contributed by atoms with Crippen LogP contribution in [0.5, 0.6) is 11.5 Å². The molecule has 5 heteroatoms. The molecule has 5 nitrogen and oxygen atoms in total. The molecule has 2 rings (SSSR count). The first-order valence-corrected chi connectivity index (χ1v) is 7.51. The third-order valence-corrected chi connectivity index (χ3v) is 3.33. The summed E-state index contributed by atoms with van der Waals surface area (Å²) in [7, 11) is 1.64. The number of benzene rings is 2. The van der Waals surface area contributed by atoms with Gasteiger partial charge >= 0.3 is 6.03 Å². The van der Waals surface area contributed by atoms with Crippen molar-refractivity contribution in [2.45, 2.75) is 13.3 Å². The Balaban J connectivity index is 1.64. The number of hydrogen-bond acceptors (Lipinski definition) is 3. The second-order valence-corrected chi connectivity index (χ2v) is 5.14. The highest BCUT2D eigenvalue weighted by molar-refractivity contribution is 5.73. The van der Waals surface area contributed by atoms with E-state index in [2.05, 4.69) is 10.6 Å². The van der Waals surface area contributed by atoms with Crippen LogP contribution in [-0.4, -0.2) is 26.4 Å². The molecule has 2 amide bonds. The highest BCUT2D eigenvalue weighted by Gasteiger charge is 2.01. The first-order valence-electron chi connectivity index (χ1n) is 7.51. The number of methoxy groups -OCH3 is 1. The topological polar surface area (TPSA) is 59.6 Å². The van der Waals surface area contributed by atoms with Gasteiger partial charge in [-0.1, -0.05) is 29.8 Å². The smallest absolute Gasteiger partial charge is 0.317 e. The summed E-state index contributed by atoms with van der Waals surface area (Å²) < 4.78 is 10.6. The number of carbonyl (C=O) groups is 1. The standard InChI is InChI=1S/C18H22N2O3/c1-14-6-8-16(9-7-14)23-13-20-18(21)19-11-10-15-4-3-5-17(12-15)22-2/h3-9,12H,10-11,13H2,1-2H3,(H2,19,20,21). The van der Waals surface area contributed by atoms with Crippen LogP contribution in [-0.2, 0) is 6.42 Å². The third kappa shape index (κ3) is 5.90. The molecule has 0 aliphatic carbocycles. The van der Waals surface area contributed by atoms with Gasteiger partial charge in [-0.25, -0.2) is 4.79 Å². The van der Waals surface area contributed by atoms with E-state index in [0.717, 1.165) is 23.5 Å². The molecule has 0 aliphatic heterocycles. The van der Waals surface area contributed by atoms with E-state index >= 15 is 0 Å². The molecule has 0 fully saturated rings. The molecule has 2 aromatic carbocycles. The van der Waals surface area contributed by atoms with E-state index in [9.17, 15) is 4.79 Å². The largest absolute Gasteiger partial charge is 0.497 e. The van der Waals surface area contributed by atoms with Crippen LogP contribution in [0, 0.1) is 6.92 Å². The van der Waals surface area contributed by atoms with Gasteiger partial charge in [0.15, 0.2) is 6.73 Å². The van der Waals surface area contributed by atoms with E-state index < -0.39 is 0 Å². The van der Waals surface area contributed by atoms with E-state index in [4.69, 9.17) is 9.47 Å². The quantitative estimate of drug-likeness (QED) is 0.773. The Kier molecular flexibility index (Phi) is 6.29. The second kappa shape index (κ2) is 8.68. The third-order valence-electron chi connectivity index (χ3n) is 3.33. The van der Waals surface area contributed by atoms with Gasteiger partial charge in [0.1, 0.15) is 11.5 Å². The van der Waals surface area contributed by atoms with Gasteiger partial charge in [0.05, 0.1) is 7.11 Å². The number of hydrogen-bond donors (Lipinski definition) is 2. The van der Waals surface area contributed by atoms with Gasteiger partial charge in [-0.15, -0.1) is 0 Å². The van der Waals surface area contributed by atoms with E-state index in [1.807, 2.05) is 55.5 Å². The minimum absolute atomic E-state index is 0.133. The number of carbonyl (C=O) groups excluding carboxylic acids is 1. The molecule has 0 radical (unpaired) electrons. The summed E-state index contributed by atoms with van der Waals surface area (Å²) in [6.07, 6.45) is 0.740. The molecule has 2 aromatic rings. The molecule has 0 spiro atoms. The Bertz CT molecular complexity index is 626. The minimum atomic E-state index is -0.250. The Morgan fingerprint density at radius 3 is 2.57 bits per heavy atom. The molecule has 2 N–H and O–H groups in total. The van der Waals surface area contributed by atoms with Crippen LogP contribution >= 0.6 is 0 Å². The lowest BCUT2D eigenvalue weighted by Crippen LogP contribution is -2.38. The van der Waals surface area contributed by atoms with Crippen molar-refractivity contribution in [3.05, 3.63) is 59.7 Å². The number of urea groups is 1. The summed E-state index contributed by atoms with van der Waals surface area (Å²) in [5.74, 6) is 1.55. The molecule has 122 valence electrons. The molecule has 0 aromatic heterocycles. The Morgan fingerprint density at radius 2 is 1.83 bits per heavy atom. The lowest BCUT2D eigenvalue weighted by molar-refractivity contribution is 0.224. The van der Waals surface area contributed by atoms with Crippen molar-refractivity contribution in [1.29, 1.82) is 0 Å². The fourth-order valence-electron chi connectivity index (χ4n) is 2.03. The molecular weight excluding hydrogens is 292 g/mol.